The van der Waals surface area contributed by atoms with E-state index in [1.807, 2.05) is 26.0 Å². The quantitative estimate of drug-likeness (QED) is 0.547. The molecule has 0 spiro atoms. The summed E-state index contributed by atoms with van der Waals surface area (Å²) in [4.78, 5) is 12.6. The van der Waals surface area contributed by atoms with Crippen molar-refractivity contribution in [3.63, 3.8) is 0 Å². The van der Waals surface area contributed by atoms with E-state index in [0.717, 1.165) is 10.2 Å². The maximum atomic E-state index is 12.6. The van der Waals surface area contributed by atoms with Gasteiger partial charge in [0.25, 0.3) is 5.91 Å². The van der Waals surface area contributed by atoms with Gasteiger partial charge in [0.2, 0.25) is 0 Å². The molecule has 0 saturated carbocycles. The van der Waals surface area contributed by atoms with Crippen molar-refractivity contribution in [2.75, 3.05) is 25.6 Å². The number of carbonyl (C=O) groups is 1. The average molecular weight is 367 g/mol. The zero-order valence-electron chi connectivity index (χ0n) is 13.3. The normalized spacial score (nSPS) is 10.9. The lowest BCUT2D eigenvalue weighted by molar-refractivity contribution is 0.0917. The molecule has 5 heteroatoms. The van der Waals surface area contributed by atoms with Crippen LogP contribution in [0.3, 0.4) is 0 Å². The number of hydrogen-bond donors (Lipinski definition) is 2. The molecule has 4 nitrogen and oxygen atoms in total. The summed E-state index contributed by atoms with van der Waals surface area (Å²) in [5.41, 5.74) is 0.714. The Hall–Kier alpha value is -1.51. The molecule has 1 amide bonds. The second-order valence-corrected chi connectivity index (χ2v) is 5.91. The highest BCUT2D eigenvalue weighted by atomic mass is 79.9. The van der Waals surface area contributed by atoms with Crippen molar-refractivity contribution in [3.8, 4) is 12.3 Å². The van der Waals surface area contributed by atoms with Crippen LogP contribution in [-0.2, 0) is 4.74 Å². The summed E-state index contributed by atoms with van der Waals surface area (Å²) in [6.45, 7) is 5.14. The Kier molecular flexibility index (Phi) is 7.43. The fourth-order valence-corrected chi connectivity index (χ4v) is 2.46. The predicted octanol–water partition coefficient (Wildman–Crippen LogP) is 3.43. The van der Waals surface area contributed by atoms with Crippen molar-refractivity contribution in [1.29, 1.82) is 0 Å². The number of nitrogens with one attached hydrogen (secondary N) is 2. The molecule has 0 aliphatic rings. The molecule has 1 rings (SSSR count). The van der Waals surface area contributed by atoms with Gasteiger partial charge in [-0.1, -0.05) is 35.7 Å². The molecule has 0 bridgehead atoms. The monoisotopic (exact) mass is 366 g/mol. The van der Waals surface area contributed by atoms with Gasteiger partial charge in [-0.15, -0.1) is 6.42 Å². The van der Waals surface area contributed by atoms with Crippen LogP contribution >= 0.6 is 15.9 Å². The standard InChI is InChI=1S/C17H23BrN2O2/c1-5-17(6-2,7-3)20-16(21)14-12-13(18)8-9-15(14)19-10-11-22-4/h1,8-9,12,19H,6-7,10-11H2,2-4H3,(H,20,21). The van der Waals surface area contributed by atoms with Gasteiger partial charge in [-0.25, -0.2) is 0 Å². The van der Waals surface area contributed by atoms with Crippen molar-refractivity contribution in [1.82, 2.24) is 5.32 Å². The molecule has 1 aromatic carbocycles. The highest BCUT2D eigenvalue weighted by Gasteiger charge is 2.26. The second-order valence-electron chi connectivity index (χ2n) is 5.00. The summed E-state index contributed by atoms with van der Waals surface area (Å²) in [5, 5.41) is 6.19. The van der Waals surface area contributed by atoms with Crippen molar-refractivity contribution < 1.29 is 9.53 Å². The Labute approximate surface area is 141 Å². The third-order valence-corrected chi connectivity index (χ3v) is 4.18. The minimum absolute atomic E-state index is 0.178. The summed E-state index contributed by atoms with van der Waals surface area (Å²) in [6.07, 6.45) is 6.99. The number of amides is 1. The maximum absolute atomic E-state index is 12.6. The third kappa shape index (κ3) is 4.75. The fourth-order valence-electron chi connectivity index (χ4n) is 2.10. The molecule has 0 heterocycles. The van der Waals surface area contributed by atoms with Gasteiger partial charge in [0.15, 0.2) is 0 Å². The second kappa shape index (κ2) is 8.82. The number of ether oxygens (including phenoxy) is 1. The highest BCUT2D eigenvalue weighted by Crippen LogP contribution is 2.23. The van der Waals surface area contributed by atoms with E-state index in [1.165, 1.54) is 0 Å². The molecule has 2 N–H and O–H groups in total. The van der Waals surface area contributed by atoms with Crippen LogP contribution in [0.15, 0.2) is 22.7 Å². The SMILES string of the molecule is C#CC(CC)(CC)NC(=O)c1cc(Br)ccc1NCCOC. The first kappa shape index (κ1) is 18.5. The van der Waals surface area contributed by atoms with E-state index >= 15 is 0 Å². The van der Waals surface area contributed by atoms with Crippen LogP contribution in [0.25, 0.3) is 0 Å². The summed E-state index contributed by atoms with van der Waals surface area (Å²) >= 11 is 3.40. The van der Waals surface area contributed by atoms with E-state index in [4.69, 9.17) is 11.2 Å². The molecule has 0 aliphatic heterocycles. The number of carbonyl (C=O) groups excluding carboxylic acids is 1. The lowest BCUT2D eigenvalue weighted by Crippen LogP contribution is -2.46. The molecule has 0 saturated heterocycles. The number of rotatable bonds is 8. The van der Waals surface area contributed by atoms with Gasteiger partial charge in [-0.3, -0.25) is 4.79 Å². The Balaban J connectivity index is 3.01. The van der Waals surface area contributed by atoms with E-state index in [2.05, 4.69) is 32.5 Å². The smallest absolute Gasteiger partial charge is 0.254 e. The van der Waals surface area contributed by atoms with Crippen LogP contribution in [0.4, 0.5) is 5.69 Å². The first-order valence-electron chi connectivity index (χ1n) is 7.34. The molecule has 0 fully saturated rings. The number of hydrogen-bond acceptors (Lipinski definition) is 3. The Morgan fingerprint density at radius 1 is 1.41 bits per heavy atom. The summed E-state index contributed by atoms with van der Waals surface area (Å²) in [6, 6.07) is 5.54. The van der Waals surface area contributed by atoms with E-state index in [9.17, 15) is 4.79 Å². The zero-order valence-corrected chi connectivity index (χ0v) is 14.9. The highest BCUT2D eigenvalue weighted by molar-refractivity contribution is 9.10. The number of halogens is 1. The van der Waals surface area contributed by atoms with Gasteiger partial charge in [0, 0.05) is 23.8 Å². The van der Waals surface area contributed by atoms with Gasteiger partial charge >= 0.3 is 0 Å². The number of terminal acetylenes is 1. The van der Waals surface area contributed by atoms with E-state index in [1.54, 1.807) is 13.2 Å². The van der Waals surface area contributed by atoms with Gasteiger partial charge in [0.1, 0.15) is 5.54 Å². The first-order chi connectivity index (χ1) is 10.5. The van der Waals surface area contributed by atoms with Crippen LogP contribution in [0.1, 0.15) is 37.0 Å². The lowest BCUT2D eigenvalue weighted by Gasteiger charge is -2.27. The summed E-state index contributed by atoms with van der Waals surface area (Å²) in [7, 11) is 1.64. The number of anilines is 1. The molecule has 0 aromatic heterocycles. The Morgan fingerprint density at radius 2 is 2.09 bits per heavy atom. The van der Waals surface area contributed by atoms with Crippen molar-refractivity contribution in [2.45, 2.75) is 32.2 Å². The van der Waals surface area contributed by atoms with Gasteiger partial charge < -0.3 is 15.4 Å². The molecule has 120 valence electrons. The van der Waals surface area contributed by atoms with Crippen molar-refractivity contribution >= 4 is 27.5 Å². The van der Waals surface area contributed by atoms with Gasteiger partial charge in [-0.05, 0) is 31.0 Å². The first-order valence-corrected chi connectivity index (χ1v) is 8.13. The van der Waals surface area contributed by atoms with Crippen LogP contribution in [-0.4, -0.2) is 31.7 Å². The Bertz CT molecular complexity index is 548. The van der Waals surface area contributed by atoms with Crippen LogP contribution in [0, 0.1) is 12.3 Å². The topological polar surface area (TPSA) is 50.4 Å². The molecular weight excluding hydrogens is 344 g/mol. The number of benzene rings is 1. The molecule has 0 atom stereocenters. The van der Waals surface area contributed by atoms with E-state index in [0.29, 0.717) is 31.6 Å². The summed E-state index contributed by atoms with van der Waals surface area (Å²) in [5.74, 6) is 2.54. The number of methoxy groups -OCH3 is 1. The van der Waals surface area contributed by atoms with Crippen molar-refractivity contribution in [2.24, 2.45) is 0 Å². The van der Waals surface area contributed by atoms with Crippen LogP contribution < -0.4 is 10.6 Å². The minimum Gasteiger partial charge on any atom is -0.383 e. The third-order valence-electron chi connectivity index (χ3n) is 3.68. The summed E-state index contributed by atoms with van der Waals surface area (Å²) < 4.78 is 5.86. The molecule has 0 aliphatic carbocycles. The van der Waals surface area contributed by atoms with Gasteiger partial charge in [0.05, 0.1) is 12.2 Å². The van der Waals surface area contributed by atoms with Gasteiger partial charge in [-0.2, -0.15) is 0 Å². The van der Waals surface area contributed by atoms with E-state index in [-0.39, 0.29) is 5.91 Å². The molecule has 0 radical (unpaired) electrons. The van der Waals surface area contributed by atoms with Crippen molar-refractivity contribution in [3.05, 3.63) is 28.2 Å². The minimum atomic E-state index is -0.608. The largest absolute Gasteiger partial charge is 0.383 e. The molecule has 0 unspecified atom stereocenters. The molecule has 1 aromatic rings. The average Bonchev–Trinajstić information content (AvgIpc) is 2.54. The molecular formula is C17H23BrN2O2. The fraction of sp³-hybridized carbons (Fsp3) is 0.471. The molecule has 22 heavy (non-hydrogen) atoms. The van der Waals surface area contributed by atoms with E-state index < -0.39 is 5.54 Å². The predicted molar refractivity (Wildman–Crippen MR) is 94.1 cm³/mol. The lowest BCUT2D eigenvalue weighted by atomic mass is 9.93. The maximum Gasteiger partial charge on any atom is 0.254 e. The van der Waals surface area contributed by atoms with Crippen LogP contribution in [0.2, 0.25) is 0 Å². The zero-order chi connectivity index (χ0) is 16.6. The van der Waals surface area contributed by atoms with Crippen LogP contribution in [0.5, 0.6) is 0 Å². The Morgan fingerprint density at radius 3 is 2.64 bits per heavy atom.